The van der Waals surface area contributed by atoms with E-state index in [1.807, 2.05) is 9.80 Å². The summed E-state index contributed by atoms with van der Waals surface area (Å²) in [5.74, 6) is 0.587. The van der Waals surface area contributed by atoms with Crippen LogP contribution in [-0.2, 0) is 4.79 Å². The maximum absolute atomic E-state index is 12.5. The van der Waals surface area contributed by atoms with Crippen LogP contribution >= 0.6 is 0 Å². The molecule has 0 bridgehead atoms. The lowest BCUT2D eigenvalue weighted by Gasteiger charge is -2.40. The smallest absolute Gasteiger partial charge is 0.320 e. The van der Waals surface area contributed by atoms with Gasteiger partial charge in [-0.05, 0) is 37.0 Å². The number of likely N-dealkylation sites (tertiary alicyclic amines) is 2. The van der Waals surface area contributed by atoms with Gasteiger partial charge in [-0.15, -0.1) is 0 Å². The van der Waals surface area contributed by atoms with E-state index < -0.39 is 5.97 Å². The Morgan fingerprint density at radius 3 is 2.40 bits per heavy atom. The van der Waals surface area contributed by atoms with E-state index in [4.69, 9.17) is 5.11 Å². The molecule has 2 fully saturated rings. The summed E-state index contributed by atoms with van der Waals surface area (Å²) in [6.45, 7) is 7.50. The number of nitrogens with zero attached hydrogens (tertiary/aromatic N) is 2. The van der Waals surface area contributed by atoms with Crippen LogP contribution in [0.25, 0.3) is 0 Å². The summed E-state index contributed by atoms with van der Waals surface area (Å²) in [6.07, 6.45) is 3.09. The zero-order chi connectivity index (χ0) is 14.7. The Morgan fingerprint density at radius 1 is 1.05 bits per heavy atom. The first-order chi connectivity index (χ1) is 9.47. The van der Waals surface area contributed by atoms with Crippen molar-refractivity contribution in [3.05, 3.63) is 0 Å². The van der Waals surface area contributed by atoms with Crippen LogP contribution < -0.4 is 0 Å². The second-order valence-corrected chi connectivity index (χ2v) is 6.52. The van der Waals surface area contributed by atoms with Crippen LogP contribution in [0.1, 0.15) is 39.5 Å². The molecule has 5 heteroatoms. The Balaban J connectivity index is 1.90. The number of aliphatic carboxylic acids is 1. The van der Waals surface area contributed by atoms with E-state index in [1.165, 1.54) is 0 Å². The molecule has 5 nitrogen and oxygen atoms in total. The van der Waals surface area contributed by atoms with Gasteiger partial charge in [0.25, 0.3) is 0 Å². The van der Waals surface area contributed by atoms with Gasteiger partial charge in [0, 0.05) is 32.6 Å². The van der Waals surface area contributed by atoms with Crippen LogP contribution in [0.15, 0.2) is 0 Å². The van der Waals surface area contributed by atoms with Gasteiger partial charge in [-0.2, -0.15) is 0 Å². The molecular weight excluding hydrogens is 256 g/mol. The maximum atomic E-state index is 12.5. The number of carbonyl (C=O) groups excluding carboxylic acids is 1. The zero-order valence-corrected chi connectivity index (χ0v) is 12.5. The molecule has 3 atom stereocenters. The van der Waals surface area contributed by atoms with Gasteiger partial charge >= 0.3 is 12.0 Å². The second-order valence-electron chi connectivity index (χ2n) is 6.52. The fourth-order valence-electron chi connectivity index (χ4n) is 3.29. The minimum atomic E-state index is -0.760. The first kappa shape index (κ1) is 15.1. The van der Waals surface area contributed by atoms with Crippen molar-refractivity contribution in [3.63, 3.8) is 0 Å². The van der Waals surface area contributed by atoms with Crippen LogP contribution in [-0.4, -0.2) is 53.1 Å². The van der Waals surface area contributed by atoms with Crippen LogP contribution in [0.2, 0.25) is 0 Å². The summed E-state index contributed by atoms with van der Waals surface area (Å²) >= 11 is 0. The molecule has 20 heavy (non-hydrogen) atoms. The topological polar surface area (TPSA) is 60.9 Å². The molecule has 2 amide bonds. The number of carbonyl (C=O) groups is 2. The normalized spacial score (nSPS) is 31.2. The Labute approximate surface area is 120 Å². The lowest BCUT2D eigenvalue weighted by molar-refractivity contribution is -0.138. The van der Waals surface area contributed by atoms with Crippen molar-refractivity contribution in [1.29, 1.82) is 0 Å². The van der Waals surface area contributed by atoms with Crippen LogP contribution in [0.5, 0.6) is 0 Å². The molecule has 2 saturated heterocycles. The number of hydrogen-bond donors (Lipinski definition) is 1. The van der Waals surface area contributed by atoms with Gasteiger partial charge in [0.15, 0.2) is 0 Å². The SMILES string of the molecule is CC1CCN(C(=O)N2CCCC(CC(=O)O)C2)CC1C. The van der Waals surface area contributed by atoms with Crippen LogP contribution in [0, 0.1) is 17.8 Å². The van der Waals surface area contributed by atoms with Crippen molar-refractivity contribution in [3.8, 4) is 0 Å². The third-order valence-corrected chi connectivity index (χ3v) is 4.86. The Bertz CT molecular complexity index is 372. The summed E-state index contributed by atoms with van der Waals surface area (Å²) in [5, 5.41) is 8.89. The fourth-order valence-corrected chi connectivity index (χ4v) is 3.29. The lowest BCUT2D eigenvalue weighted by atomic mass is 9.89. The van der Waals surface area contributed by atoms with Crippen LogP contribution in [0.3, 0.4) is 0 Å². The number of urea groups is 1. The third-order valence-electron chi connectivity index (χ3n) is 4.86. The summed E-state index contributed by atoms with van der Waals surface area (Å²) in [7, 11) is 0. The zero-order valence-electron chi connectivity index (χ0n) is 12.5. The lowest BCUT2D eigenvalue weighted by Crippen LogP contribution is -2.51. The van der Waals surface area contributed by atoms with Gasteiger partial charge < -0.3 is 14.9 Å². The van der Waals surface area contributed by atoms with E-state index in [0.29, 0.717) is 18.4 Å². The number of piperidine rings is 2. The standard InChI is InChI=1S/C15H26N2O3/c1-11-5-7-17(9-12(11)2)15(20)16-6-3-4-13(10-16)8-14(18)19/h11-13H,3-10H2,1-2H3,(H,18,19). The predicted molar refractivity (Wildman–Crippen MR) is 76.5 cm³/mol. The van der Waals surface area contributed by atoms with Gasteiger partial charge in [-0.1, -0.05) is 13.8 Å². The van der Waals surface area contributed by atoms with E-state index in [0.717, 1.165) is 38.9 Å². The van der Waals surface area contributed by atoms with E-state index in [-0.39, 0.29) is 18.4 Å². The molecule has 0 radical (unpaired) electrons. The minimum absolute atomic E-state index is 0.110. The Hall–Kier alpha value is -1.26. The molecule has 0 spiro atoms. The highest BCUT2D eigenvalue weighted by Gasteiger charge is 2.31. The van der Waals surface area contributed by atoms with Crippen molar-refractivity contribution >= 4 is 12.0 Å². The molecule has 2 rings (SSSR count). The van der Waals surface area contributed by atoms with Crippen LogP contribution in [0.4, 0.5) is 4.79 Å². The van der Waals surface area contributed by atoms with E-state index in [2.05, 4.69) is 13.8 Å². The number of hydrogen-bond acceptors (Lipinski definition) is 2. The fraction of sp³-hybridized carbons (Fsp3) is 0.867. The number of carboxylic acid groups (broad SMARTS) is 1. The Kier molecular flexibility index (Phi) is 4.89. The largest absolute Gasteiger partial charge is 0.481 e. The summed E-state index contributed by atoms with van der Waals surface area (Å²) in [5.41, 5.74) is 0. The van der Waals surface area contributed by atoms with Gasteiger partial charge in [0.1, 0.15) is 0 Å². The van der Waals surface area contributed by atoms with Gasteiger partial charge in [-0.25, -0.2) is 4.79 Å². The molecule has 2 heterocycles. The highest BCUT2D eigenvalue weighted by molar-refractivity contribution is 5.75. The van der Waals surface area contributed by atoms with E-state index in [1.54, 1.807) is 0 Å². The highest BCUT2D eigenvalue weighted by atomic mass is 16.4. The quantitative estimate of drug-likeness (QED) is 0.845. The van der Waals surface area contributed by atoms with Crippen molar-refractivity contribution in [1.82, 2.24) is 9.80 Å². The summed E-state index contributed by atoms with van der Waals surface area (Å²) in [4.78, 5) is 27.2. The van der Waals surface area contributed by atoms with Crippen molar-refractivity contribution < 1.29 is 14.7 Å². The molecule has 2 aliphatic heterocycles. The molecule has 114 valence electrons. The molecule has 0 aromatic rings. The van der Waals surface area contributed by atoms with Gasteiger partial charge in [-0.3, -0.25) is 4.79 Å². The second kappa shape index (κ2) is 6.46. The van der Waals surface area contributed by atoms with Gasteiger partial charge in [0.05, 0.1) is 0 Å². The molecule has 0 aromatic heterocycles. The van der Waals surface area contributed by atoms with E-state index >= 15 is 0 Å². The van der Waals surface area contributed by atoms with E-state index in [9.17, 15) is 9.59 Å². The molecule has 0 aromatic carbocycles. The summed E-state index contributed by atoms with van der Waals surface area (Å²) in [6, 6.07) is 0.110. The monoisotopic (exact) mass is 282 g/mol. The Morgan fingerprint density at radius 2 is 1.75 bits per heavy atom. The average molecular weight is 282 g/mol. The summed E-state index contributed by atoms with van der Waals surface area (Å²) < 4.78 is 0. The molecular formula is C15H26N2O3. The average Bonchev–Trinajstić information content (AvgIpc) is 2.40. The first-order valence-electron chi connectivity index (χ1n) is 7.73. The first-order valence-corrected chi connectivity index (χ1v) is 7.73. The highest BCUT2D eigenvalue weighted by Crippen LogP contribution is 2.25. The number of amides is 2. The van der Waals surface area contributed by atoms with Crippen molar-refractivity contribution in [2.75, 3.05) is 26.2 Å². The molecule has 0 saturated carbocycles. The predicted octanol–water partition coefficient (Wildman–Crippen LogP) is 2.27. The maximum Gasteiger partial charge on any atom is 0.320 e. The number of rotatable bonds is 2. The molecule has 3 unspecified atom stereocenters. The molecule has 0 aliphatic carbocycles. The molecule has 2 aliphatic rings. The van der Waals surface area contributed by atoms with Crippen molar-refractivity contribution in [2.24, 2.45) is 17.8 Å². The third kappa shape index (κ3) is 3.64. The van der Waals surface area contributed by atoms with Crippen molar-refractivity contribution in [2.45, 2.75) is 39.5 Å². The molecule has 1 N–H and O–H groups in total. The van der Waals surface area contributed by atoms with Gasteiger partial charge in [0.2, 0.25) is 0 Å². The number of carboxylic acids is 1. The minimum Gasteiger partial charge on any atom is -0.481 e.